The fourth-order valence-corrected chi connectivity index (χ4v) is 1.38. The Balaban J connectivity index is 2.26. The molecule has 1 heterocycles. The van der Waals surface area contributed by atoms with Gasteiger partial charge in [0.25, 0.3) is 0 Å². The molecule has 1 aromatic carbocycles. The topological polar surface area (TPSA) is 22.1 Å². The van der Waals surface area contributed by atoms with Gasteiger partial charge in [-0.05, 0) is 43.7 Å². The van der Waals surface area contributed by atoms with Gasteiger partial charge in [0.1, 0.15) is 11.5 Å². The molecule has 0 bridgehead atoms. The van der Waals surface area contributed by atoms with Crippen molar-refractivity contribution in [2.45, 2.75) is 13.8 Å². The predicted molar refractivity (Wildman–Crippen MR) is 60.2 cm³/mol. The SMILES string of the molecule is Cc1cccc(Oc2cccnc2C)c1. The lowest BCUT2D eigenvalue weighted by Crippen LogP contribution is -1.89. The van der Waals surface area contributed by atoms with Gasteiger partial charge in [-0.15, -0.1) is 0 Å². The molecule has 0 radical (unpaired) electrons. The first-order chi connectivity index (χ1) is 7.25. The minimum Gasteiger partial charge on any atom is -0.455 e. The van der Waals surface area contributed by atoms with E-state index in [9.17, 15) is 0 Å². The van der Waals surface area contributed by atoms with E-state index >= 15 is 0 Å². The molecule has 2 heteroatoms. The summed E-state index contributed by atoms with van der Waals surface area (Å²) in [5.41, 5.74) is 2.09. The molecule has 0 amide bonds. The standard InChI is InChI=1S/C13H13NO/c1-10-5-3-6-12(9-10)15-13-7-4-8-14-11(13)2/h3-9H,1-2H3. The fraction of sp³-hybridized carbons (Fsp3) is 0.154. The third-order valence-corrected chi connectivity index (χ3v) is 2.18. The highest BCUT2D eigenvalue weighted by Crippen LogP contribution is 2.23. The van der Waals surface area contributed by atoms with E-state index in [1.54, 1.807) is 6.20 Å². The first-order valence-electron chi connectivity index (χ1n) is 4.92. The Morgan fingerprint density at radius 1 is 1.07 bits per heavy atom. The van der Waals surface area contributed by atoms with Gasteiger partial charge in [-0.25, -0.2) is 0 Å². The molecule has 0 aliphatic heterocycles. The number of aromatic nitrogens is 1. The number of benzene rings is 1. The lowest BCUT2D eigenvalue weighted by atomic mass is 10.2. The summed E-state index contributed by atoms with van der Waals surface area (Å²) < 4.78 is 5.73. The number of hydrogen-bond acceptors (Lipinski definition) is 2. The van der Waals surface area contributed by atoms with Gasteiger partial charge < -0.3 is 4.74 Å². The summed E-state index contributed by atoms with van der Waals surface area (Å²) in [5, 5.41) is 0. The Morgan fingerprint density at radius 2 is 1.93 bits per heavy atom. The van der Waals surface area contributed by atoms with E-state index in [4.69, 9.17) is 4.74 Å². The van der Waals surface area contributed by atoms with E-state index in [2.05, 4.69) is 4.98 Å². The second-order valence-corrected chi connectivity index (χ2v) is 3.51. The van der Waals surface area contributed by atoms with Gasteiger partial charge in [0.2, 0.25) is 0 Å². The number of hydrogen-bond donors (Lipinski definition) is 0. The molecule has 2 nitrogen and oxygen atoms in total. The van der Waals surface area contributed by atoms with Gasteiger partial charge in [0.15, 0.2) is 0 Å². The largest absolute Gasteiger partial charge is 0.455 e. The van der Waals surface area contributed by atoms with E-state index in [0.717, 1.165) is 17.2 Å². The summed E-state index contributed by atoms with van der Waals surface area (Å²) in [4.78, 5) is 4.17. The highest BCUT2D eigenvalue weighted by atomic mass is 16.5. The molecule has 1 aromatic heterocycles. The van der Waals surface area contributed by atoms with Crippen molar-refractivity contribution in [2.24, 2.45) is 0 Å². The number of ether oxygens (including phenoxy) is 1. The maximum Gasteiger partial charge on any atom is 0.148 e. The summed E-state index contributed by atoms with van der Waals surface area (Å²) in [7, 11) is 0. The summed E-state index contributed by atoms with van der Waals surface area (Å²) in [6.07, 6.45) is 1.76. The molecule has 15 heavy (non-hydrogen) atoms. The van der Waals surface area contributed by atoms with Crippen molar-refractivity contribution < 1.29 is 4.74 Å². The number of nitrogens with zero attached hydrogens (tertiary/aromatic N) is 1. The van der Waals surface area contributed by atoms with Crippen molar-refractivity contribution in [3.63, 3.8) is 0 Å². The van der Waals surface area contributed by atoms with Crippen LogP contribution in [0, 0.1) is 13.8 Å². The Bertz CT molecular complexity index is 466. The highest BCUT2D eigenvalue weighted by Gasteiger charge is 2.00. The van der Waals surface area contributed by atoms with Crippen LogP contribution >= 0.6 is 0 Å². The van der Waals surface area contributed by atoms with Crippen LogP contribution in [-0.4, -0.2) is 4.98 Å². The quantitative estimate of drug-likeness (QED) is 0.738. The fourth-order valence-electron chi connectivity index (χ4n) is 1.38. The van der Waals surface area contributed by atoms with Crippen LogP contribution in [0.1, 0.15) is 11.3 Å². The van der Waals surface area contributed by atoms with Crippen LogP contribution in [0.2, 0.25) is 0 Å². The molecule has 0 aliphatic carbocycles. The minimum atomic E-state index is 0.808. The molecule has 0 saturated heterocycles. The van der Waals surface area contributed by atoms with Crippen molar-refractivity contribution in [3.8, 4) is 11.5 Å². The number of pyridine rings is 1. The third kappa shape index (κ3) is 2.34. The molecule has 0 fully saturated rings. The van der Waals surface area contributed by atoms with Crippen LogP contribution in [0.25, 0.3) is 0 Å². The van der Waals surface area contributed by atoms with E-state index in [0.29, 0.717) is 0 Å². The van der Waals surface area contributed by atoms with Crippen LogP contribution in [0.5, 0.6) is 11.5 Å². The molecule has 0 saturated carbocycles. The van der Waals surface area contributed by atoms with E-state index in [1.807, 2.05) is 50.2 Å². The van der Waals surface area contributed by atoms with Gasteiger partial charge in [-0.2, -0.15) is 0 Å². The molecule has 0 unspecified atom stereocenters. The molecule has 76 valence electrons. The van der Waals surface area contributed by atoms with Gasteiger partial charge in [0, 0.05) is 6.20 Å². The number of rotatable bonds is 2. The summed E-state index contributed by atoms with van der Waals surface area (Å²) in [6, 6.07) is 11.8. The van der Waals surface area contributed by atoms with Gasteiger partial charge in [0.05, 0.1) is 5.69 Å². The van der Waals surface area contributed by atoms with E-state index in [-0.39, 0.29) is 0 Å². The molecule has 0 atom stereocenters. The monoisotopic (exact) mass is 199 g/mol. The molecule has 0 spiro atoms. The number of aryl methyl sites for hydroxylation is 2. The lowest BCUT2D eigenvalue weighted by Gasteiger charge is -2.07. The predicted octanol–water partition coefficient (Wildman–Crippen LogP) is 3.49. The van der Waals surface area contributed by atoms with Crippen LogP contribution in [0.4, 0.5) is 0 Å². The Kier molecular flexibility index (Phi) is 2.68. The van der Waals surface area contributed by atoms with Gasteiger partial charge in [-0.1, -0.05) is 12.1 Å². The Morgan fingerprint density at radius 3 is 2.67 bits per heavy atom. The van der Waals surface area contributed by atoms with Crippen molar-refractivity contribution in [2.75, 3.05) is 0 Å². The summed E-state index contributed by atoms with van der Waals surface area (Å²) in [5.74, 6) is 1.66. The molecular formula is C13H13NO. The average Bonchev–Trinajstić information content (AvgIpc) is 2.22. The second kappa shape index (κ2) is 4.13. The zero-order valence-corrected chi connectivity index (χ0v) is 8.90. The first kappa shape index (κ1) is 9.71. The van der Waals surface area contributed by atoms with Crippen molar-refractivity contribution in [1.29, 1.82) is 0 Å². The van der Waals surface area contributed by atoms with Crippen molar-refractivity contribution in [1.82, 2.24) is 4.98 Å². The first-order valence-corrected chi connectivity index (χ1v) is 4.92. The molecule has 0 N–H and O–H groups in total. The maximum absolute atomic E-state index is 5.73. The average molecular weight is 199 g/mol. The zero-order valence-electron chi connectivity index (χ0n) is 8.90. The summed E-state index contributed by atoms with van der Waals surface area (Å²) >= 11 is 0. The normalized spacial score (nSPS) is 10.0. The molecule has 0 aliphatic rings. The van der Waals surface area contributed by atoms with Crippen molar-refractivity contribution in [3.05, 3.63) is 53.9 Å². The van der Waals surface area contributed by atoms with Crippen LogP contribution < -0.4 is 4.74 Å². The third-order valence-electron chi connectivity index (χ3n) is 2.18. The van der Waals surface area contributed by atoms with E-state index < -0.39 is 0 Å². The lowest BCUT2D eigenvalue weighted by molar-refractivity contribution is 0.475. The maximum atomic E-state index is 5.73. The Labute approximate surface area is 89.6 Å². The van der Waals surface area contributed by atoms with Gasteiger partial charge >= 0.3 is 0 Å². The minimum absolute atomic E-state index is 0.808. The molecular weight excluding hydrogens is 186 g/mol. The van der Waals surface area contributed by atoms with Crippen LogP contribution in [0.3, 0.4) is 0 Å². The summed E-state index contributed by atoms with van der Waals surface area (Å²) in [6.45, 7) is 3.98. The highest BCUT2D eigenvalue weighted by molar-refractivity contribution is 5.34. The van der Waals surface area contributed by atoms with E-state index in [1.165, 1.54) is 5.56 Å². The molecule has 2 aromatic rings. The van der Waals surface area contributed by atoms with Crippen LogP contribution in [0.15, 0.2) is 42.6 Å². The second-order valence-electron chi connectivity index (χ2n) is 3.51. The zero-order chi connectivity index (χ0) is 10.7. The van der Waals surface area contributed by atoms with Gasteiger partial charge in [-0.3, -0.25) is 4.98 Å². The smallest absolute Gasteiger partial charge is 0.148 e. The Hall–Kier alpha value is -1.83. The molecule has 2 rings (SSSR count). The van der Waals surface area contributed by atoms with Crippen molar-refractivity contribution >= 4 is 0 Å². The van der Waals surface area contributed by atoms with Crippen LogP contribution in [-0.2, 0) is 0 Å².